The Labute approximate surface area is 190 Å². The van der Waals surface area contributed by atoms with Crippen LogP contribution in [0.25, 0.3) is 0 Å². The lowest BCUT2D eigenvalue weighted by molar-refractivity contribution is -0.143. The maximum absolute atomic E-state index is 13.2. The molecule has 1 saturated heterocycles. The third-order valence-corrected chi connectivity index (χ3v) is 5.89. The van der Waals surface area contributed by atoms with Gasteiger partial charge in [-0.2, -0.15) is 0 Å². The van der Waals surface area contributed by atoms with Gasteiger partial charge >= 0.3 is 0 Å². The van der Waals surface area contributed by atoms with Gasteiger partial charge < -0.3 is 19.7 Å². The van der Waals surface area contributed by atoms with E-state index in [2.05, 4.69) is 12.2 Å². The van der Waals surface area contributed by atoms with E-state index in [1.807, 2.05) is 59.5 Å². The molecule has 0 bridgehead atoms. The zero-order valence-corrected chi connectivity index (χ0v) is 19.1. The van der Waals surface area contributed by atoms with E-state index >= 15 is 0 Å². The molecule has 32 heavy (non-hydrogen) atoms. The van der Waals surface area contributed by atoms with Crippen molar-refractivity contribution in [2.75, 3.05) is 26.8 Å². The van der Waals surface area contributed by atoms with Gasteiger partial charge in [-0.1, -0.05) is 49.7 Å². The lowest BCUT2D eigenvalue weighted by Crippen LogP contribution is -2.48. The van der Waals surface area contributed by atoms with Crippen LogP contribution in [0.3, 0.4) is 0 Å². The van der Waals surface area contributed by atoms with Gasteiger partial charge in [-0.15, -0.1) is 0 Å². The van der Waals surface area contributed by atoms with Crippen LogP contribution >= 0.6 is 0 Å². The minimum Gasteiger partial charge on any atom is -0.496 e. The highest BCUT2D eigenvalue weighted by atomic mass is 16.5. The van der Waals surface area contributed by atoms with Crippen molar-refractivity contribution in [1.29, 1.82) is 0 Å². The number of benzene rings is 2. The molecule has 6 heteroatoms. The molecule has 2 amide bonds. The van der Waals surface area contributed by atoms with Crippen molar-refractivity contribution >= 4 is 11.8 Å². The van der Waals surface area contributed by atoms with Gasteiger partial charge in [-0.25, -0.2) is 0 Å². The van der Waals surface area contributed by atoms with Crippen molar-refractivity contribution in [2.24, 2.45) is 5.92 Å². The first-order valence-electron chi connectivity index (χ1n) is 11.5. The van der Waals surface area contributed by atoms with Gasteiger partial charge in [0.25, 0.3) is 0 Å². The summed E-state index contributed by atoms with van der Waals surface area (Å²) in [6, 6.07) is 17.0. The number of methoxy groups -OCH3 is 1. The van der Waals surface area contributed by atoms with Crippen LogP contribution in [-0.2, 0) is 9.59 Å². The van der Waals surface area contributed by atoms with E-state index in [-0.39, 0.29) is 23.8 Å². The highest BCUT2D eigenvalue weighted by molar-refractivity contribution is 5.85. The van der Waals surface area contributed by atoms with Crippen LogP contribution in [0.15, 0.2) is 54.6 Å². The van der Waals surface area contributed by atoms with Crippen molar-refractivity contribution < 1.29 is 19.1 Å². The summed E-state index contributed by atoms with van der Waals surface area (Å²) in [5.74, 6) is 1.32. The van der Waals surface area contributed by atoms with Gasteiger partial charge in [0, 0.05) is 25.1 Å². The molecule has 0 saturated carbocycles. The number of carbonyl (C=O) groups is 2. The van der Waals surface area contributed by atoms with Gasteiger partial charge in [-0.05, 0) is 37.5 Å². The van der Waals surface area contributed by atoms with Gasteiger partial charge in [0.05, 0.1) is 25.7 Å². The number of amides is 2. The molecular weight excluding hydrogens is 404 g/mol. The number of piperidine rings is 1. The number of likely N-dealkylation sites (tertiary alicyclic amines) is 1. The number of rotatable bonds is 11. The Morgan fingerprint density at radius 1 is 1.09 bits per heavy atom. The maximum atomic E-state index is 13.2. The van der Waals surface area contributed by atoms with Crippen LogP contribution in [0.2, 0.25) is 0 Å². The number of nitrogens with one attached hydrogen (secondary N) is 1. The maximum Gasteiger partial charge on any atom is 0.225 e. The second kappa shape index (κ2) is 12.1. The predicted molar refractivity (Wildman–Crippen MR) is 125 cm³/mol. The van der Waals surface area contributed by atoms with E-state index in [1.54, 1.807) is 7.11 Å². The van der Waals surface area contributed by atoms with Gasteiger partial charge in [0.1, 0.15) is 11.5 Å². The number of hydrogen-bond acceptors (Lipinski definition) is 4. The molecule has 1 fully saturated rings. The first-order chi connectivity index (χ1) is 15.7. The van der Waals surface area contributed by atoms with Crippen LogP contribution in [0, 0.1) is 5.92 Å². The number of carbonyl (C=O) groups excluding carboxylic acids is 2. The number of unbranched alkanes of at least 4 members (excludes halogenated alkanes) is 1. The smallest absolute Gasteiger partial charge is 0.225 e. The molecule has 1 aliphatic rings. The molecule has 6 nitrogen and oxygen atoms in total. The number of ether oxygens (including phenoxy) is 2. The second-order valence-electron chi connectivity index (χ2n) is 8.08. The lowest BCUT2D eigenvalue weighted by atomic mass is 9.83. The van der Waals surface area contributed by atoms with E-state index in [0.717, 1.165) is 24.2 Å². The van der Waals surface area contributed by atoms with Crippen molar-refractivity contribution in [3.63, 3.8) is 0 Å². The summed E-state index contributed by atoms with van der Waals surface area (Å²) in [6.07, 6.45) is 3.54. The van der Waals surface area contributed by atoms with Crippen molar-refractivity contribution in [1.82, 2.24) is 10.2 Å². The monoisotopic (exact) mass is 438 g/mol. The third kappa shape index (κ3) is 6.02. The molecule has 0 aromatic heterocycles. The van der Waals surface area contributed by atoms with Crippen LogP contribution < -0.4 is 14.8 Å². The first kappa shape index (κ1) is 23.6. The Hall–Kier alpha value is -3.02. The van der Waals surface area contributed by atoms with Crippen molar-refractivity contribution in [3.05, 3.63) is 60.2 Å². The molecule has 2 aromatic rings. The molecule has 2 unspecified atom stereocenters. The van der Waals surface area contributed by atoms with Crippen LogP contribution in [0.5, 0.6) is 11.5 Å². The quantitative estimate of drug-likeness (QED) is 0.530. The largest absolute Gasteiger partial charge is 0.496 e. The van der Waals surface area contributed by atoms with Crippen molar-refractivity contribution in [2.45, 2.75) is 45.1 Å². The molecule has 0 spiro atoms. The molecule has 3 rings (SSSR count). The van der Waals surface area contributed by atoms with Gasteiger partial charge in [0.2, 0.25) is 11.8 Å². The van der Waals surface area contributed by atoms with Crippen LogP contribution in [0.1, 0.15) is 50.6 Å². The molecule has 1 N–H and O–H groups in total. The fraction of sp³-hybridized carbons (Fsp3) is 0.462. The summed E-state index contributed by atoms with van der Waals surface area (Å²) in [7, 11) is 1.63. The predicted octanol–water partition coefficient (Wildman–Crippen LogP) is 4.36. The van der Waals surface area contributed by atoms with Crippen molar-refractivity contribution in [3.8, 4) is 11.5 Å². The minimum absolute atomic E-state index is 0.0189. The minimum atomic E-state index is -0.320. The summed E-state index contributed by atoms with van der Waals surface area (Å²) < 4.78 is 11.3. The van der Waals surface area contributed by atoms with E-state index in [1.165, 1.54) is 0 Å². The topological polar surface area (TPSA) is 67.9 Å². The standard InChI is InChI=1S/C26H34N2O4/c1-3-4-18-28-24(29)16-15-22(25(28)21-13-8-9-14-23(21)31-2)26(30)27-17-10-19-32-20-11-6-5-7-12-20/h5-9,11-14,22,25H,3-4,10,15-19H2,1-2H3,(H,27,30). The molecule has 0 aliphatic carbocycles. The van der Waals surface area contributed by atoms with E-state index in [9.17, 15) is 9.59 Å². The summed E-state index contributed by atoms with van der Waals surface area (Å²) in [4.78, 5) is 27.9. The molecular formula is C26H34N2O4. The Balaban J connectivity index is 1.67. The Kier molecular flexibility index (Phi) is 8.96. The SMILES string of the molecule is CCCCN1C(=O)CCC(C(=O)NCCCOc2ccccc2)C1c1ccccc1OC. The van der Waals surface area contributed by atoms with Crippen LogP contribution in [0.4, 0.5) is 0 Å². The summed E-state index contributed by atoms with van der Waals surface area (Å²) in [6.45, 7) is 3.82. The van der Waals surface area contributed by atoms with Crippen LogP contribution in [-0.4, -0.2) is 43.5 Å². The van der Waals surface area contributed by atoms with E-state index < -0.39 is 0 Å². The lowest BCUT2D eigenvalue weighted by Gasteiger charge is -2.41. The Bertz CT molecular complexity index is 871. The average molecular weight is 439 g/mol. The zero-order valence-electron chi connectivity index (χ0n) is 19.1. The molecule has 2 aromatic carbocycles. The number of hydrogen-bond donors (Lipinski definition) is 1. The highest BCUT2D eigenvalue weighted by Crippen LogP contribution is 2.40. The van der Waals surface area contributed by atoms with E-state index in [4.69, 9.17) is 9.47 Å². The first-order valence-corrected chi connectivity index (χ1v) is 11.5. The summed E-state index contributed by atoms with van der Waals surface area (Å²) in [5.41, 5.74) is 0.895. The van der Waals surface area contributed by atoms with Gasteiger partial charge in [0.15, 0.2) is 0 Å². The average Bonchev–Trinajstić information content (AvgIpc) is 2.83. The molecule has 1 aliphatic heterocycles. The normalized spacial score (nSPS) is 18.3. The molecule has 1 heterocycles. The number of para-hydroxylation sites is 2. The highest BCUT2D eigenvalue weighted by Gasteiger charge is 2.41. The third-order valence-electron chi connectivity index (χ3n) is 5.89. The summed E-state index contributed by atoms with van der Waals surface area (Å²) >= 11 is 0. The fourth-order valence-corrected chi connectivity index (χ4v) is 4.24. The van der Waals surface area contributed by atoms with E-state index in [0.29, 0.717) is 44.7 Å². The fourth-order valence-electron chi connectivity index (χ4n) is 4.24. The molecule has 172 valence electrons. The second-order valence-corrected chi connectivity index (χ2v) is 8.08. The molecule has 2 atom stereocenters. The number of nitrogens with zero attached hydrogens (tertiary/aromatic N) is 1. The summed E-state index contributed by atoms with van der Waals surface area (Å²) in [5, 5.41) is 3.07. The Morgan fingerprint density at radius 2 is 1.84 bits per heavy atom. The Morgan fingerprint density at radius 3 is 2.59 bits per heavy atom. The molecule has 0 radical (unpaired) electrons. The van der Waals surface area contributed by atoms with Gasteiger partial charge in [-0.3, -0.25) is 9.59 Å². The zero-order chi connectivity index (χ0) is 22.8.